The first-order valence-electron chi connectivity index (χ1n) is 6.93. The number of esters is 1. The van der Waals surface area contributed by atoms with Gasteiger partial charge in [-0.05, 0) is 12.8 Å². The summed E-state index contributed by atoms with van der Waals surface area (Å²) < 4.78 is 6.78. The Morgan fingerprint density at radius 2 is 2.30 bits per heavy atom. The first-order valence-corrected chi connectivity index (χ1v) is 6.93. The van der Waals surface area contributed by atoms with Gasteiger partial charge in [0.15, 0.2) is 0 Å². The van der Waals surface area contributed by atoms with Crippen LogP contribution < -0.4 is 0 Å². The van der Waals surface area contributed by atoms with Crippen LogP contribution in [0.15, 0.2) is 12.5 Å². The number of amides is 1. The maximum Gasteiger partial charge on any atom is 0.311 e. The Balaban J connectivity index is 2.40. The summed E-state index contributed by atoms with van der Waals surface area (Å²) in [6, 6.07) is -0.281. The number of carbonyl (C=O) groups is 2. The minimum atomic E-state index is -0.320. The second-order valence-corrected chi connectivity index (χ2v) is 5.13. The smallest absolute Gasteiger partial charge is 0.311 e. The molecule has 2 heterocycles. The molecule has 1 saturated heterocycles. The molecule has 0 saturated carbocycles. The molecular formula is C14H21N3O3. The van der Waals surface area contributed by atoms with Gasteiger partial charge in [0.1, 0.15) is 0 Å². The first kappa shape index (κ1) is 14.6. The summed E-state index contributed by atoms with van der Waals surface area (Å²) >= 11 is 0. The van der Waals surface area contributed by atoms with E-state index in [4.69, 9.17) is 4.74 Å². The van der Waals surface area contributed by atoms with Gasteiger partial charge in [0.05, 0.1) is 37.3 Å². The van der Waals surface area contributed by atoms with Crippen LogP contribution in [0.25, 0.3) is 0 Å². The Kier molecular flexibility index (Phi) is 4.42. The van der Waals surface area contributed by atoms with Gasteiger partial charge < -0.3 is 14.2 Å². The number of hydrogen-bond donors (Lipinski definition) is 0. The summed E-state index contributed by atoms with van der Waals surface area (Å²) in [5.41, 5.74) is 0.877. The lowest BCUT2D eigenvalue weighted by molar-refractivity contribution is -0.155. The second kappa shape index (κ2) is 6.07. The molecule has 6 nitrogen and oxygen atoms in total. The number of ether oxygens (including phenoxy) is 1. The molecule has 0 radical (unpaired) electrons. The maximum absolute atomic E-state index is 12.2. The van der Waals surface area contributed by atoms with Gasteiger partial charge in [0, 0.05) is 20.0 Å². The number of aryl methyl sites for hydroxylation is 1. The molecule has 0 bridgehead atoms. The number of hydrogen-bond acceptors (Lipinski definition) is 4. The molecule has 0 unspecified atom stereocenters. The predicted molar refractivity (Wildman–Crippen MR) is 72.7 cm³/mol. The lowest BCUT2D eigenvalue weighted by atomic mass is 9.86. The summed E-state index contributed by atoms with van der Waals surface area (Å²) in [7, 11) is 3.27. The van der Waals surface area contributed by atoms with Crippen molar-refractivity contribution in [2.75, 3.05) is 13.7 Å². The highest BCUT2D eigenvalue weighted by Gasteiger charge is 2.42. The van der Waals surface area contributed by atoms with E-state index in [9.17, 15) is 9.59 Å². The van der Waals surface area contributed by atoms with Gasteiger partial charge in [-0.3, -0.25) is 9.59 Å². The molecule has 2 atom stereocenters. The molecule has 0 spiro atoms. The summed E-state index contributed by atoms with van der Waals surface area (Å²) in [5, 5.41) is 0. The molecular weight excluding hydrogens is 258 g/mol. The van der Waals surface area contributed by atoms with Crippen LogP contribution in [0.3, 0.4) is 0 Å². The Hall–Kier alpha value is -1.85. The van der Waals surface area contributed by atoms with Crippen LogP contribution in [0.2, 0.25) is 0 Å². The molecule has 0 aromatic carbocycles. The number of carbonyl (C=O) groups excluding carboxylic acids is 2. The van der Waals surface area contributed by atoms with Gasteiger partial charge in [0.2, 0.25) is 5.91 Å². The van der Waals surface area contributed by atoms with Crippen LogP contribution in [-0.4, -0.2) is 40.0 Å². The highest BCUT2D eigenvalue weighted by molar-refractivity contribution is 5.82. The molecule has 20 heavy (non-hydrogen) atoms. The van der Waals surface area contributed by atoms with Crippen LogP contribution in [0.1, 0.15) is 37.9 Å². The zero-order valence-electron chi connectivity index (χ0n) is 12.2. The number of methoxy groups -OCH3 is 1. The van der Waals surface area contributed by atoms with Gasteiger partial charge in [-0.1, -0.05) is 6.92 Å². The van der Waals surface area contributed by atoms with E-state index in [1.54, 1.807) is 17.4 Å². The lowest BCUT2D eigenvalue weighted by Crippen LogP contribution is -2.46. The van der Waals surface area contributed by atoms with E-state index in [2.05, 4.69) is 4.98 Å². The minimum absolute atomic E-state index is 0.0956. The first-order chi connectivity index (χ1) is 9.60. The van der Waals surface area contributed by atoms with E-state index in [0.29, 0.717) is 19.4 Å². The lowest BCUT2D eigenvalue weighted by Gasteiger charge is -2.39. The average molecular weight is 279 g/mol. The van der Waals surface area contributed by atoms with Crippen LogP contribution >= 0.6 is 0 Å². The van der Waals surface area contributed by atoms with Gasteiger partial charge in [0.25, 0.3) is 0 Å². The van der Waals surface area contributed by atoms with Crippen LogP contribution in [0.4, 0.5) is 0 Å². The number of piperidine rings is 1. The van der Waals surface area contributed by atoms with Crippen molar-refractivity contribution in [1.82, 2.24) is 14.5 Å². The molecule has 1 amide bonds. The number of aromatic nitrogens is 2. The van der Waals surface area contributed by atoms with Crippen molar-refractivity contribution in [3.05, 3.63) is 18.2 Å². The van der Waals surface area contributed by atoms with Gasteiger partial charge in [-0.15, -0.1) is 0 Å². The van der Waals surface area contributed by atoms with Crippen molar-refractivity contribution < 1.29 is 14.3 Å². The van der Waals surface area contributed by atoms with E-state index in [0.717, 1.165) is 12.1 Å². The summed E-state index contributed by atoms with van der Waals surface area (Å²) in [5.74, 6) is -0.484. The van der Waals surface area contributed by atoms with Crippen molar-refractivity contribution in [1.29, 1.82) is 0 Å². The fourth-order valence-corrected chi connectivity index (χ4v) is 2.87. The Morgan fingerprint density at radius 3 is 2.85 bits per heavy atom. The van der Waals surface area contributed by atoms with Crippen LogP contribution in [-0.2, 0) is 21.4 Å². The summed E-state index contributed by atoms with van der Waals surface area (Å²) in [6.07, 6.45) is 5.19. The fourth-order valence-electron chi connectivity index (χ4n) is 2.87. The number of likely N-dealkylation sites (tertiary alicyclic amines) is 1. The van der Waals surface area contributed by atoms with Crippen LogP contribution in [0, 0.1) is 5.92 Å². The highest BCUT2D eigenvalue weighted by Crippen LogP contribution is 2.37. The standard InChI is InChI=1S/C14H21N3O3/c1-4-7-17-12(18)6-5-10(14(19)20-3)13(17)11-8-15-9-16(11)2/h8-10,13H,4-7H2,1-3H3/t10-,13-/m1/s1. The van der Waals surface area contributed by atoms with E-state index in [-0.39, 0.29) is 23.8 Å². The summed E-state index contributed by atoms with van der Waals surface area (Å²) in [6.45, 7) is 2.66. The van der Waals surface area contributed by atoms with E-state index >= 15 is 0 Å². The van der Waals surface area contributed by atoms with Crippen molar-refractivity contribution in [2.45, 2.75) is 32.2 Å². The third-order valence-corrected chi connectivity index (χ3v) is 3.83. The Bertz CT molecular complexity index is 488. The monoisotopic (exact) mass is 279 g/mol. The fraction of sp³-hybridized carbons (Fsp3) is 0.643. The predicted octanol–water partition coefficient (Wildman–Crippen LogP) is 1.28. The molecule has 2 rings (SSSR count). The normalized spacial score (nSPS) is 22.9. The number of rotatable bonds is 4. The van der Waals surface area contributed by atoms with E-state index in [1.807, 2.05) is 18.5 Å². The Morgan fingerprint density at radius 1 is 1.55 bits per heavy atom. The third-order valence-electron chi connectivity index (χ3n) is 3.83. The average Bonchev–Trinajstić information content (AvgIpc) is 2.86. The number of nitrogens with zero attached hydrogens (tertiary/aromatic N) is 3. The molecule has 110 valence electrons. The Labute approximate surface area is 118 Å². The van der Waals surface area contributed by atoms with Crippen molar-refractivity contribution in [3.63, 3.8) is 0 Å². The molecule has 1 aliphatic rings. The van der Waals surface area contributed by atoms with E-state index < -0.39 is 0 Å². The van der Waals surface area contributed by atoms with Crippen molar-refractivity contribution >= 4 is 11.9 Å². The summed E-state index contributed by atoms with van der Waals surface area (Å²) in [4.78, 5) is 30.2. The zero-order valence-corrected chi connectivity index (χ0v) is 12.2. The SMILES string of the molecule is CCCN1C(=O)CC[C@@H](C(=O)OC)[C@@H]1c1cncn1C. The van der Waals surface area contributed by atoms with E-state index in [1.165, 1.54) is 7.11 Å². The third kappa shape index (κ3) is 2.55. The highest BCUT2D eigenvalue weighted by atomic mass is 16.5. The largest absolute Gasteiger partial charge is 0.469 e. The van der Waals surface area contributed by atoms with Crippen LogP contribution in [0.5, 0.6) is 0 Å². The molecule has 0 aliphatic carbocycles. The minimum Gasteiger partial charge on any atom is -0.469 e. The zero-order chi connectivity index (χ0) is 14.7. The van der Waals surface area contributed by atoms with Gasteiger partial charge >= 0.3 is 5.97 Å². The quantitative estimate of drug-likeness (QED) is 0.779. The molecule has 1 fully saturated rings. The van der Waals surface area contributed by atoms with Gasteiger partial charge in [-0.25, -0.2) is 4.98 Å². The van der Waals surface area contributed by atoms with Crippen molar-refractivity contribution in [3.8, 4) is 0 Å². The maximum atomic E-state index is 12.2. The van der Waals surface area contributed by atoms with Crippen molar-refractivity contribution in [2.24, 2.45) is 13.0 Å². The molecule has 1 aromatic heterocycles. The second-order valence-electron chi connectivity index (χ2n) is 5.13. The molecule has 6 heteroatoms. The number of imidazole rings is 1. The topological polar surface area (TPSA) is 64.4 Å². The molecule has 1 aliphatic heterocycles. The van der Waals surface area contributed by atoms with Gasteiger partial charge in [-0.2, -0.15) is 0 Å². The molecule has 0 N–H and O–H groups in total. The molecule has 1 aromatic rings.